The Morgan fingerprint density at radius 2 is 2.00 bits per heavy atom. The van der Waals surface area contributed by atoms with Crippen LogP contribution in [0.4, 0.5) is 17.1 Å². The van der Waals surface area contributed by atoms with Crippen LogP contribution in [0.15, 0.2) is 40.9 Å². The van der Waals surface area contributed by atoms with Crippen LogP contribution >= 0.6 is 27.5 Å². The molecule has 4 heteroatoms. The molecule has 0 aromatic heterocycles. The molecule has 0 unspecified atom stereocenters. The highest BCUT2D eigenvalue weighted by molar-refractivity contribution is 9.10. The van der Waals surface area contributed by atoms with Crippen LogP contribution in [0.1, 0.15) is 5.56 Å². The van der Waals surface area contributed by atoms with Gasteiger partial charge < -0.3 is 11.1 Å². The standard InChI is InChI=1S/C13H12BrClN2/c1-8-3-2-4-11(16)13(8)17-12-6-5-9(15)7-10(12)14/h2-7,17H,16H2,1H3. The SMILES string of the molecule is Cc1cccc(N)c1Nc1ccc(Cl)cc1Br. The van der Waals surface area contributed by atoms with Gasteiger partial charge in [-0.1, -0.05) is 23.7 Å². The van der Waals surface area contributed by atoms with Crippen LogP contribution in [0, 0.1) is 6.92 Å². The average Bonchev–Trinajstić information content (AvgIpc) is 2.26. The molecule has 0 heterocycles. The zero-order chi connectivity index (χ0) is 12.4. The smallest absolute Gasteiger partial charge is 0.0647 e. The summed E-state index contributed by atoms with van der Waals surface area (Å²) in [7, 11) is 0. The van der Waals surface area contributed by atoms with Gasteiger partial charge in [-0.3, -0.25) is 0 Å². The lowest BCUT2D eigenvalue weighted by atomic mass is 10.1. The maximum Gasteiger partial charge on any atom is 0.0647 e. The van der Waals surface area contributed by atoms with Crippen molar-refractivity contribution in [2.45, 2.75) is 6.92 Å². The molecule has 0 fully saturated rings. The van der Waals surface area contributed by atoms with E-state index >= 15 is 0 Å². The predicted molar refractivity (Wildman–Crippen MR) is 78.0 cm³/mol. The van der Waals surface area contributed by atoms with E-state index in [1.807, 2.05) is 43.3 Å². The van der Waals surface area contributed by atoms with Gasteiger partial charge in [-0.05, 0) is 52.7 Å². The summed E-state index contributed by atoms with van der Waals surface area (Å²) in [5.74, 6) is 0. The van der Waals surface area contributed by atoms with Crippen LogP contribution in [-0.2, 0) is 0 Å². The number of aryl methyl sites for hydroxylation is 1. The first-order valence-corrected chi connectivity index (χ1v) is 6.32. The fourth-order valence-electron chi connectivity index (χ4n) is 1.59. The molecule has 0 atom stereocenters. The summed E-state index contributed by atoms with van der Waals surface area (Å²) < 4.78 is 0.910. The van der Waals surface area contributed by atoms with Crippen molar-refractivity contribution < 1.29 is 0 Å². The lowest BCUT2D eigenvalue weighted by molar-refractivity contribution is 1.42. The Hall–Kier alpha value is -1.19. The number of anilines is 3. The van der Waals surface area contributed by atoms with Gasteiger partial charge in [-0.15, -0.1) is 0 Å². The summed E-state index contributed by atoms with van der Waals surface area (Å²) in [6.45, 7) is 2.02. The fourth-order valence-corrected chi connectivity index (χ4v) is 2.37. The molecule has 0 spiro atoms. The minimum absolute atomic E-state index is 0.695. The minimum Gasteiger partial charge on any atom is -0.397 e. The first-order valence-electron chi connectivity index (χ1n) is 5.15. The van der Waals surface area contributed by atoms with Crippen LogP contribution in [-0.4, -0.2) is 0 Å². The van der Waals surface area contributed by atoms with Crippen molar-refractivity contribution in [1.29, 1.82) is 0 Å². The van der Waals surface area contributed by atoms with E-state index in [9.17, 15) is 0 Å². The van der Waals surface area contributed by atoms with Crippen molar-refractivity contribution in [3.05, 3.63) is 51.5 Å². The third-order valence-corrected chi connectivity index (χ3v) is 3.39. The Morgan fingerprint density at radius 3 is 2.65 bits per heavy atom. The van der Waals surface area contributed by atoms with Gasteiger partial charge in [-0.25, -0.2) is 0 Å². The van der Waals surface area contributed by atoms with Crippen molar-refractivity contribution in [1.82, 2.24) is 0 Å². The Labute approximate surface area is 114 Å². The summed E-state index contributed by atoms with van der Waals surface area (Å²) in [5, 5.41) is 4.00. The van der Waals surface area contributed by atoms with E-state index in [2.05, 4.69) is 21.2 Å². The summed E-state index contributed by atoms with van der Waals surface area (Å²) in [6.07, 6.45) is 0. The molecule has 17 heavy (non-hydrogen) atoms. The number of nitrogens with one attached hydrogen (secondary N) is 1. The number of benzene rings is 2. The minimum atomic E-state index is 0.695. The molecule has 0 amide bonds. The highest BCUT2D eigenvalue weighted by Gasteiger charge is 2.06. The van der Waals surface area contributed by atoms with Crippen molar-refractivity contribution in [2.24, 2.45) is 0 Å². The lowest BCUT2D eigenvalue weighted by Gasteiger charge is -2.13. The summed E-state index contributed by atoms with van der Waals surface area (Å²) in [6, 6.07) is 11.4. The van der Waals surface area contributed by atoms with E-state index < -0.39 is 0 Å². The maximum atomic E-state index is 5.95. The van der Waals surface area contributed by atoms with E-state index in [4.69, 9.17) is 17.3 Å². The van der Waals surface area contributed by atoms with Crippen LogP contribution in [0.3, 0.4) is 0 Å². The molecular weight excluding hydrogens is 300 g/mol. The molecule has 2 aromatic rings. The molecule has 2 rings (SSSR count). The van der Waals surface area contributed by atoms with Crippen LogP contribution in [0.2, 0.25) is 5.02 Å². The second-order valence-corrected chi connectivity index (χ2v) is 5.08. The Morgan fingerprint density at radius 1 is 1.24 bits per heavy atom. The van der Waals surface area contributed by atoms with E-state index in [-0.39, 0.29) is 0 Å². The Balaban J connectivity index is 2.38. The topological polar surface area (TPSA) is 38.0 Å². The fraction of sp³-hybridized carbons (Fsp3) is 0.0769. The van der Waals surface area contributed by atoms with Gasteiger partial charge in [0.15, 0.2) is 0 Å². The van der Waals surface area contributed by atoms with E-state index in [0.717, 1.165) is 27.1 Å². The van der Waals surface area contributed by atoms with Crippen LogP contribution in [0.25, 0.3) is 0 Å². The van der Waals surface area contributed by atoms with E-state index in [1.165, 1.54) is 0 Å². The molecule has 0 radical (unpaired) electrons. The highest BCUT2D eigenvalue weighted by atomic mass is 79.9. The molecule has 0 bridgehead atoms. The molecule has 0 aliphatic rings. The summed E-state index contributed by atoms with van der Waals surface area (Å²) in [5.41, 5.74) is 9.64. The van der Waals surface area contributed by atoms with Crippen LogP contribution in [0.5, 0.6) is 0 Å². The van der Waals surface area contributed by atoms with E-state index in [0.29, 0.717) is 5.02 Å². The average molecular weight is 312 g/mol. The third-order valence-electron chi connectivity index (χ3n) is 2.50. The number of hydrogen-bond donors (Lipinski definition) is 2. The lowest BCUT2D eigenvalue weighted by Crippen LogP contribution is -1.99. The van der Waals surface area contributed by atoms with Crippen LogP contribution < -0.4 is 11.1 Å². The van der Waals surface area contributed by atoms with E-state index in [1.54, 1.807) is 0 Å². The van der Waals surface area contributed by atoms with Gasteiger partial charge in [0, 0.05) is 9.50 Å². The Bertz CT molecular complexity index is 535. The molecule has 0 saturated heterocycles. The maximum absolute atomic E-state index is 5.95. The first kappa shape index (κ1) is 12.3. The largest absolute Gasteiger partial charge is 0.397 e. The second-order valence-electron chi connectivity index (χ2n) is 3.79. The number of halogens is 2. The van der Waals surface area contributed by atoms with Gasteiger partial charge >= 0.3 is 0 Å². The molecule has 2 aromatic carbocycles. The molecule has 0 saturated carbocycles. The molecular formula is C13H12BrClN2. The van der Waals surface area contributed by atoms with Crippen molar-refractivity contribution in [3.8, 4) is 0 Å². The van der Waals surface area contributed by atoms with Gasteiger partial charge in [0.25, 0.3) is 0 Å². The zero-order valence-corrected chi connectivity index (χ0v) is 11.6. The molecule has 0 aliphatic heterocycles. The monoisotopic (exact) mass is 310 g/mol. The zero-order valence-electron chi connectivity index (χ0n) is 9.30. The predicted octanol–water partition coefficient (Wildman–Crippen LogP) is 4.74. The van der Waals surface area contributed by atoms with Gasteiger partial charge in [0.05, 0.1) is 17.1 Å². The number of rotatable bonds is 2. The normalized spacial score (nSPS) is 10.3. The van der Waals surface area contributed by atoms with Gasteiger partial charge in [0.1, 0.15) is 0 Å². The number of nitrogen functional groups attached to an aromatic ring is 1. The molecule has 0 aliphatic carbocycles. The number of hydrogen-bond acceptors (Lipinski definition) is 2. The molecule has 3 N–H and O–H groups in total. The molecule has 2 nitrogen and oxygen atoms in total. The quantitative estimate of drug-likeness (QED) is 0.786. The number of para-hydroxylation sites is 1. The van der Waals surface area contributed by atoms with Gasteiger partial charge in [0.2, 0.25) is 0 Å². The summed E-state index contributed by atoms with van der Waals surface area (Å²) >= 11 is 9.37. The Kier molecular flexibility index (Phi) is 3.60. The second kappa shape index (κ2) is 4.98. The number of nitrogens with two attached hydrogens (primary N) is 1. The van der Waals surface area contributed by atoms with Crippen molar-refractivity contribution in [2.75, 3.05) is 11.1 Å². The highest BCUT2D eigenvalue weighted by Crippen LogP contribution is 2.32. The van der Waals surface area contributed by atoms with Crippen molar-refractivity contribution >= 4 is 44.6 Å². The third kappa shape index (κ3) is 2.73. The van der Waals surface area contributed by atoms with Gasteiger partial charge in [-0.2, -0.15) is 0 Å². The first-order chi connectivity index (χ1) is 8.08. The summed E-state index contributed by atoms with van der Waals surface area (Å²) in [4.78, 5) is 0. The molecule has 88 valence electrons. The van der Waals surface area contributed by atoms with Crippen molar-refractivity contribution in [3.63, 3.8) is 0 Å².